The number of esters is 1. The fraction of sp³-hybridized carbons (Fsp3) is 0.938. The maximum Gasteiger partial charge on any atom is 0.305 e. The molecule has 1 unspecified atom stereocenters. The minimum atomic E-state index is -0.963. The molecular weight excluding hydrogens is 288 g/mol. The van der Waals surface area contributed by atoms with Crippen LogP contribution in [0.4, 0.5) is 0 Å². The first-order valence-corrected chi connectivity index (χ1v) is 7.50. The molecule has 0 radical (unpaired) electrons. The maximum atomic E-state index is 11.9. The summed E-state index contributed by atoms with van der Waals surface area (Å²) < 4.78 is 27.5. The first-order valence-electron chi connectivity index (χ1n) is 7.50. The van der Waals surface area contributed by atoms with Crippen LogP contribution < -0.4 is 0 Å². The highest BCUT2D eigenvalue weighted by molar-refractivity contribution is 5.69. The Morgan fingerprint density at radius 1 is 1.05 bits per heavy atom. The van der Waals surface area contributed by atoms with Gasteiger partial charge in [0, 0.05) is 33.2 Å². The second-order valence-corrected chi connectivity index (χ2v) is 6.92. The molecule has 6 nitrogen and oxygen atoms in total. The Balaban J connectivity index is 3.22. The number of hydrogen-bond donors (Lipinski definition) is 0. The lowest BCUT2D eigenvalue weighted by atomic mass is 9.70. The van der Waals surface area contributed by atoms with Gasteiger partial charge in [-0.25, -0.2) is 0 Å². The van der Waals surface area contributed by atoms with Gasteiger partial charge in [-0.05, 0) is 12.3 Å². The summed E-state index contributed by atoms with van der Waals surface area (Å²) in [4.78, 5) is 11.9. The number of hydrogen-bond acceptors (Lipinski definition) is 6. The average molecular weight is 318 g/mol. The highest BCUT2D eigenvalue weighted by Crippen LogP contribution is 2.49. The SMILES string of the molecule is COC(=O)C[C@@H]1[C@H](C(C)(C)C)C(OC)O[C@H]1C(C)(OC)OC. The van der Waals surface area contributed by atoms with Crippen molar-refractivity contribution in [3.05, 3.63) is 0 Å². The van der Waals surface area contributed by atoms with E-state index in [1.807, 2.05) is 0 Å². The van der Waals surface area contributed by atoms with Gasteiger partial charge < -0.3 is 23.7 Å². The molecule has 0 aromatic carbocycles. The third-order valence-corrected chi connectivity index (χ3v) is 4.61. The Morgan fingerprint density at radius 2 is 1.59 bits per heavy atom. The predicted octanol–water partition coefficient (Wildman–Crippen LogP) is 2.21. The number of ether oxygens (including phenoxy) is 5. The maximum absolute atomic E-state index is 11.9. The van der Waals surface area contributed by atoms with Crippen LogP contribution in [0.3, 0.4) is 0 Å². The van der Waals surface area contributed by atoms with Crippen LogP contribution in [-0.4, -0.2) is 52.6 Å². The lowest BCUT2D eigenvalue weighted by Gasteiger charge is -2.38. The molecule has 22 heavy (non-hydrogen) atoms. The predicted molar refractivity (Wildman–Crippen MR) is 81.2 cm³/mol. The normalized spacial score (nSPS) is 29.6. The van der Waals surface area contributed by atoms with Crippen molar-refractivity contribution in [1.29, 1.82) is 0 Å². The van der Waals surface area contributed by atoms with Crippen molar-refractivity contribution >= 4 is 5.97 Å². The van der Waals surface area contributed by atoms with Crippen LogP contribution in [-0.2, 0) is 28.5 Å². The van der Waals surface area contributed by atoms with Gasteiger partial charge in [-0.1, -0.05) is 20.8 Å². The molecule has 0 saturated carbocycles. The van der Waals surface area contributed by atoms with Crippen molar-refractivity contribution < 1.29 is 28.5 Å². The number of methoxy groups -OCH3 is 4. The molecule has 1 rings (SSSR count). The lowest BCUT2D eigenvalue weighted by Crippen LogP contribution is -2.48. The van der Waals surface area contributed by atoms with Gasteiger partial charge >= 0.3 is 5.97 Å². The molecule has 0 aromatic rings. The van der Waals surface area contributed by atoms with Crippen LogP contribution in [0.5, 0.6) is 0 Å². The molecule has 0 amide bonds. The Bertz CT molecular complexity index is 371. The van der Waals surface area contributed by atoms with Gasteiger partial charge in [0.1, 0.15) is 6.10 Å². The summed E-state index contributed by atoms with van der Waals surface area (Å²) in [5, 5.41) is 0. The van der Waals surface area contributed by atoms with E-state index in [-0.39, 0.29) is 29.6 Å². The topological polar surface area (TPSA) is 63.2 Å². The van der Waals surface area contributed by atoms with Gasteiger partial charge in [-0.15, -0.1) is 0 Å². The molecule has 1 aliphatic rings. The molecular formula is C16H30O6. The second kappa shape index (κ2) is 7.25. The molecule has 1 aliphatic heterocycles. The summed E-state index contributed by atoms with van der Waals surface area (Å²) in [5.74, 6) is -1.37. The Kier molecular flexibility index (Phi) is 6.38. The third-order valence-electron chi connectivity index (χ3n) is 4.61. The molecule has 1 saturated heterocycles. The largest absolute Gasteiger partial charge is 0.469 e. The van der Waals surface area contributed by atoms with Gasteiger partial charge in [0.25, 0.3) is 0 Å². The van der Waals surface area contributed by atoms with E-state index in [1.54, 1.807) is 28.3 Å². The third kappa shape index (κ3) is 3.79. The Labute approximate surface area is 133 Å². The highest BCUT2D eigenvalue weighted by Gasteiger charge is 2.57. The number of carbonyl (C=O) groups is 1. The van der Waals surface area contributed by atoms with Gasteiger partial charge in [0.15, 0.2) is 12.1 Å². The molecule has 1 fully saturated rings. The lowest BCUT2D eigenvalue weighted by molar-refractivity contribution is -0.276. The zero-order valence-corrected chi connectivity index (χ0v) is 15.0. The average Bonchev–Trinajstić information content (AvgIpc) is 2.85. The fourth-order valence-electron chi connectivity index (χ4n) is 3.31. The molecule has 6 heteroatoms. The second-order valence-electron chi connectivity index (χ2n) is 6.92. The van der Waals surface area contributed by atoms with Gasteiger partial charge in [0.05, 0.1) is 13.5 Å². The monoisotopic (exact) mass is 318 g/mol. The van der Waals surface area contributed by atoms with Crippen molar-refractivity contribution in [2.75, 3.05) is 28.4 Å². The molecule has 0 bridgehead atoms. The summed E-state index contributed by atoms with van der Waals surface area (Å²) in [6.07, 6.45) is -0.634. The first-order chi connectivity index (χ1) is 10.1. The molecule has 1 heterocycles. The standard InChI is InChI=1S/C16H30O6/c1-15(2,3)12-10(9-11(17)18-5)13(22-14(12)19-6)16(4,20-7)21-8/h10,12-14H,9H2,1-8H3/t10-,12+,13-,14?/m1/s1. The number of rotatable bonds is 6. The van der Waals surface area contributed by atoms with Crippen molar-refractivity contribution in [1.82, 2.24) is 0 Å². The van der Waals surface area contributed by atoms with Gasteiger partial charge in [0.2, 0.25) is 0 Å². The zero-order chi connectivity index (χ0) is 17.1. The van der Waals surface area contributed by atoms with E-state index in [1.165, 1.54) is 7.11 Å². The minimum absolute atomic E-state index is 0.00576. The van der Waals surface area contributed by atoms with Crippen molar-refractivity contribution in [2.24, 2.45) is 17.3 Å². The van der Waals surface area contributed by atoms with Crippen molar-refractivity contribution in [3.63, 3.8) is 0 Å². The molecule has 130 valence electrons. The number of carbonyl (C=O) groups excluding carboxylic acids is 1. The van der Waals surface area contributed by atoms with E-state index in [0.717, 1.165) is 0 Å². The van der Waals surface area contributed by atoms with Crippen LogP contribution in [0.25, 0.3) is 0 Å². The van der Waals surface area contributed by atoms with E-state index in [9.17, 15) is 4.79 Å². The van der Waals surface area contributed by atoms with E-state index in [0.29, 0.717) is 0 Å². The van der Waals surface area contributed by atoms with Gasteiger partial charge in [-0.2, -0.15) is 0 Å². The fourth-order valence-corrected chi connectivity index (χ4v) is 3.31. The Morgan fingerprint density at radius 3 is 1.95 bits per heavy atom. The minimum Gasteiger partial charge on any atom is -0.469 e. The quantitative estimate of drug-likeness (QED) is 0.553. The van der Waals surface area contributed by atoms with E-state index in [2.05, 4.69) is 20.8 Å². The van der Waals surface area contributed by atoms with Crippen molar-refractivity contribution in [2.45, 2.75) is 52.3 Å². The van der Waals surface area contributed by atoms with E-state index < -0.39 is 18.2 Å². The van der Waals surface area contributed by atoms with Crippen LogP contribution in [0.15, 0.2) is 0 Å². The summed E-state index contributed by atoms with van der Waals surface area (Å²) in [7, 11) is 6.12. The van der Waals surface area contributed by atoms with Crippen LogP contribution >= 0.6 is 0 Å². The smallest absolute Gasteiger partial charge is 0.305 e. The molecule has 0 N–H and O–H groups in total. The molecule has 0 aromatic heterocycles. The van der Waals surface area contributed by atoms with Crippen LogP contribution in [0.1, 0.15) is 34.1 Å². The summed E-state index contributed by atoms with van der Waals surface area (Å²) in [5.41, 5.74) is -0.115. The van der Waals surface area contributed by atoms with E-state index >= 15 is 0 Å². The zero-order valence-electron chi connectivity index (χ0n) is 15.0. The summed E-state index contributed by atoms with van der Waals surface area (Å²) >= 11 is 0. The highest BCUT2D eigenvalue weighted by atomic mass is 16.7. The molecule has 4 atom stereocenters. The summed E-state index contributed by atoms with van der Waals surface area (Å²) in [6.45, 7) is 8.13. The summed E-state index contributed by atoms with van der Waals surface area (Å²) in [6, 6.07) is 0. The van der Waals surface area contributed by atoms with E-state index in [4.69, 9.17) is 23.7 Å². The van der Waals surface area contributed by atoms with Gasteiger partial charge in [-0.3, -0.25) is 4.79 Å². The molecule has 0 spiro atoms. The Hall–Kier alpha value is -0.690. The van der Waals surface area contributed by atoms with Crippen LogP contribution in [0, 0.1) is 17.3 Å². The molecule has 0 aliphatic carbocycles. The van der Waals surface area contributed by atoms with Crippen LogP contribution in [0.2, 0.25) is 0 Å². The van der Waals surface area contributed by atoms with Crippen molar-refractivity contribution in [3.8, 4) is 0 Å². The first kappa shape index (κ1) is 19.4.